The molecule has 1 spiro atoms. The molecular weight excluding hydrogens is 255 g/mol. The van der Waals surface area contributed by atoms with Crippen LogP contribution in [0.3, 0.4) is 0 Å². The smallest absolute Gasteiger partial charge is 0.224 e. The summed E-state index contributed by atoms with van der Waals surface area (Å²) in [4.78, 5) is 12.3. The number of rotatable bonds is 3. The molecule has 20 heavy (non-hydrogen) atoms. The van der Waals surface area contributed by atoms with Gasteiger partial charge in [-0.05, 0) is 62.4 Å². The van der Waals surface area contributed by atoms with E-state index < -0.39 is 0 Å². The zero-order valence-electron chi connectivity index (χ0n) is 11.8. The Hall–Kier alpha value is -1.42. The second-order valence-electron chi connectivity index (χ2n) is 6.15. The Labute approximate surface area is 118 Å². The predicted octanol–water partition coefficient (Wildman–Crippen LogP) is 2.39. The highest BCUT2D eigenvalue weighted by Gasteiger charge is 2.57. The molecular formula is C16H21FN2O. The first kappa shape index (κ1) is 13.6. The lowest BCUT2D eigenvalue weighted by molar-refractivity contribution is -0.123. The van der Waals surface area contributed by atoms with Crippen molar-refractivity contribution < 1.29 is 9.18 Å². The summed E-state index contributed by atoms with van der Waals surface area (Å²) in [5, 5.41) is 6.41. The van der Waals surface area contributed by atoms with Gasteiger partial charge in [0.1, 0.15) is 5.82 Å². The van der Waals surface area contributed by atoms with Crippen LogP contribution in [-0.2, 0) is 4.79 Å². The van der Waals surface area contributed by atoms with E-state index in [1.807, 2.05) is 6.92 Å². The van der Waals surface area contributed by atoms with E-state index in [0.717, 1.165) is 37.9 Å². The quantitative estimate of drug-likeness (QED) is 0.890. The number of carbonyl (C=O) groups excluding carboxylic acids is 1. The first-order valence-corrected chi connectivity index (χ1v) is 7.37. The van der Waals surface area contributed by atoms with Crippen molar-refractivity contribution in [1.82, 2.24) is 10.6 Å². The SMILES string of the molecule is C[C@H](NC(=O)C1CC12CCNCC2)c1ccc(F)cc1. The summed E-state index contributed by atoms with van der Waals surface area (Å²) in [7, 11) is 0. The van der Waals surface area contributed by atoms with Crippen LogP contribution in [0.5, 0.6) is 0 Å². The molecule has 4 heteroatoms. The van der Waals surface area contributed by atoms with E-state index in [4.69, 9.17) is 0 Å². The van der Waals surface area contributed by atoms with Gasteiger partial charge in [0, 0.05) is 5.92 Å². The van der Waals surface area contributed by atoms with Crippen LogP contribution in [0.25, 0.3) is 0 Å². The number of carbonyl (C=O) groups is 1. The van der Waals surface area contributed by atoms with Crippen LogP contribution in [-0.4, -0.2) is 19.0 Å². The van der Waals surface area contributed by atoms with Crippen LogP contribution in [0.1, 0.15) is 37.8 Å². The lowest BCUT2D eigenvalue weighted by Gasteiger charge is -2.23. The van der Waals surface area contributed by atoms with Gasteiger partial charge in [-0.3, -0.25) is 4.79 Å². The lowest BCUT2D eigenvalue weighted by Crippen LogP contribution is -2.34. The van der Waals surface area contributed by atoms with Crippen molar-refractivity contribution in [3.05, 3.63) is 35.6 Å². The molecule has 2 N–H and O–H groups in total. The third kappa shape index (κ3) is 2.57. The molecule has 2 fully saturated rings. The van der Waals surface area contributed by atoms with E-state index in [-0.39, 0.29) is 29.1 Å². The summed E-state index contributed by atoms with van der Waals surface area (Å²) < 4.78 is 12.9. The number of hydrogen-bond donors (Lipinski definition) is 2. The molecule has 1 aliphatic carbocycles. The Bertz CT molecular complexity index is 494. The third-order valence-electron chi connectivity index (χ3n) is 4.83. The first-order valence-electron chi connectivity index (χ1n) is 7.37. The first-order chi connectivity index (χ1) is 9.61. The Morgan fingerprint density at radius 2 is 2.00 bits per heavy atom. The second kappa shape index (κ2) is 5.17. The fraction of sp³-hybridized carbons (Fsp3) is 0.562. The molecule has 0 bridgehead atoms. The number of nitrogens with one attached hydrogen (secondary N) is 2. The van der Waals surface area contributed by atoms with Gasteiger partial charge in [-0.2, -0.15) is 0 Å². The highest BCUT2D eigenvalue weighted by Crippen LogP contribution is 2.58. The summed E-state index contributed by atoms with van der Waals surface area (Å²) in [6, 6.07) is 6.26. The van der Waals surface area contributed by atoms with Gasteiger partial charge in [-0.25, -0.2) is 4.39 Å². The van der Waals surface area contributed by atoms with Crippen LogP contribution < -0.4 is 10.6 Å². The minimum atomic E-state index is -0.247. The molecule has 1 aromatic carbocycles. The molecule has 1 amide bonds. The van der Waals surface area contributed by atoms with Crippen LogP contribution in [0.15, 0.2) is 24.3 Å². The second-order valence-corrected chi connectivity index (χ2v) is 6.15. The van der Waals surface area contributed by atoms with E-state index in [1.54, 1.807) is 12.1 Å². The molecule has 1 saturated heterocycles. The van der Waals surface area contributed by atoms with E-state index in [2.05, 4.69) is 10.6 Å². The zero-order chi connectivity index (χ0) is 14.2. The third-order valence-corrected chi connectivity index (χ3v) is 4.83. The fourth-order valence-corrected chi connectivity index (χ4v) is 3.34. The number of benzene rings is 1. The largest absolute Gasteiger partial charge is 0.349 e. The molecule has 0 aromatic heterocycles. The molecule has 1 aromatic rings. The van der Waals surface area contributed by atoms with Crippen molar-refractivity contribution in [1.29, 1.82) is 0 Å². The summed E-state index contributed by atoms with van der Waals surface area (Å²) >= 11 is 0. The van der Waals surface area contributed by atoms with E-state index in [1.165, 1.54) is 12.1 Å². The summed E-state index contributed by atoms with van der Waals surface area (Å²) in [6.07, 6.45) is 3.24. The van der Waals surface area contributed by atoms with Gasteiger partial charge in [0.25, 0.3) is 0 Å². The van der Waals surface area contributed by atoms with Crippen LogP contribution >= 0.6 is 0 Å². The highest BCUT2D eigenvalue weighted by atomic mass is 19.1. The molecule has 1 unspecified atom stereocenters. The molecule has 108 valence electrons. The number of piperidine rings is 1. The normalized spacial score (nSPS) is 25.2. The molecule has 1 aliphatic heterocycles. The lowest BCUT2D eigenvalue weighted by atomic mass is 9.91. The van der Waals surface area contributed by atoms with Gasteiger partial charge in [-0.15, -0.1) is 0 Å². The Kier molecular flexibility index (Phi) is 3.50. The van der Waals surface area contributed by atoms with Gasteiger partial charge >= 0.3 is 0 Å². The minimum Gasteiger partial charge on any atom is -0.349 e. The van der Waals surface area contributed by atoms with E-state index in [9.17, 15) is 9.18 Å². The number of amides is 1. The molecule has 3 rings (SSSR count). The van der Waals surface area contributed by atoms with Crippen molar-refractivity contribution in [3.63, 3.8) is 0 Å². The highest BCUT2D eigenvalue weighted by molar-refractivity contribution is 5.83. The van der Waals surface area contributed by atoms with Crippen molar-refractivity contribution in [2.75, 3.05) is 13.1 Å². The molecule has 0 radical (unpaired) electrons. The fourth-order valence-electron chi connectivity index (χ4n) is 3.34. The average molecular weight is 276 g/mol. The standard InChI is InChI=1S/C16H21FN2O/c1-11(12-2-4-13(17)5-3-12)19-15(20)14-10-16(14)6-8-18-9-7-16/h2-5,11,14,18H,6-10H2,1H3,(H,19,20)/t11-,14?/m0/s1. The molecule has 2 aliphatic rings. The van der Waals surface area contributed by atoms with Crippen molar-refractivity contribution in [2.45, 2.75) is 32.2 Å². The van der Waals surface area contributed by atoms with Gasteiger partial charge in [-0.1, -0.05) is 12.1 Å². The van der Waals surface area contributed by atoms with Crippen LogP contribution in [0.4, 0.5) is 4.39 Å². The predicted molar refractivity (Wildman–Crippen MR) is 75.6 cm³/mol. The van der Waals surface area contributed by atoms with Gasteiger partial charge in [0.15, 0.2) is 0 Å². The van der Waals surface area contributed by atoms with Crippen molar-refractivity contribution in [2.24, 2.45) is 11.3 Å². The monoisotopic (exact) mass is 276 g/mol. The van der Waals surface area contributed by atoms with Gasteiger partial charge in [0.05, 0.1) is 6.04 Å². The Balaban J connectivity index is 1.58. The van der Waals surface area contributed by atoms with Gasteiger partial charge < -0.3 is 10.6 Å². The van der Waals surface area contributed by atoms with E-state index in [0.29, 0.717) is 0 Å². The molecule has 2 atom stereocenters. The summed E-state index contributed by atoms with van der Waals surface area (Å²) in [5.41, 5.74) is 1.21. The maximum atomic E-state index is 12.9. The van der Waals surface area contributed by atoms with Crippen LogP contribution in [0, 0.1) is 17.2 Å². The Morgan fingerprint density at radius 1 is 1.35 bits per heavy atom. The van der Waals surface area contributed by atoms with E-state index >= 15 is 0 Å². The Morgan fingerprint density at radius 3 is 2.65 bits per heavy atom. The maximum absolute atomic E-state index is 12.9. The minimum absolute atomic E-state index is 0.0672. The average Bonchev–Trinajstić information content (AvgIpc) is 3.14. The van der Waals surface area contributed by atoms with Crippen molar-refractivity contribution >= 4 is 5.91 Å². The summed E-state index contributed by atoms with van der Waals surface area (Å²) in [5.74, 6) is 0.0827. The maximum Gasteiger partial charge on any atom is 0.224 e. The topological polar surface area (TPSA) is 41.1 Å². The molecule has 3 nitrogen and oxygen atoms in total. The van der Waals surface area contributed by atoms with Crippen molar-refractivity contribution in [3.8, 4) is 0 Å². The number of halogens is 1. The van der Waals surface area contributed by atoms with Gasteiger partial charge in [0.2, 0.25) is 5.91 Å². The molecule has 1 saturated carbocycles. The van der Waals surface area contributed by atoms with Crippen LogP contribution in [0.2, 0.25) is 0 Å². The summed E-state index contributed by atoms with van der Waals surface area (Å²) in [6.45, 7) is 4.00. The zero-order valence-corrected chi connectivity index (χ0v) is 11.8. The molecule has 1 heterocycles. The number of hydrogen-bond acceptors (Lipinski definition) is 2.